The number of hydrogen-bond donors (Lipinski definition) is 1. The van der Waals surface area contributed by atoms with E-state index in [1.807, 2.05) is 35.6 Å². The molecule has 1 fully saturated rings. The first-order valence-corrected chi connectivity index (χ1v) is 8.39. The number of rotatable bonds is 5. The Kier molecular flexibility index (Phi) is 5.55. The third kappa shape index (κ3) is 4.81. The van der Waals surface area contributed by atoms with E-state index in [4.69, 9.17) is 4.52 Å². The van der Waals surface area contributed by atoms with Crippen LogP contribution in [0.1, 0.15) is 31.2 Å². The van der Waals surface area contributed by atoms with Crippen molar-refractivity contribution in [2.45, 2.75) is 31.5 Å². The van der Waals surface area contributed by atoms with E-state index < -0.39 is 18.6 Å². The van der Waals surface area contributed by atoms with Crippen molar-refractivity contribution in [3.63, 3.8) is 0 Å². The predicted molar refractivity (Wildman–Crippen MR) is 87.0 cm³/mol. The Hall–Kier alpha value is -2.42. The summed E-state index contributed by atoms with van der Waals surface area (Å²) in [6.07, 6.45) is -1.92. The zero-order valence-corrected chi connectivity index (χ0v) is 14.0. The maximum Gasteiger partial charge on any atom is 0.405 e. The quantitative estimate of drug-likeness (QED) is 0.879. The van der Waals surface area contributed by atoms with Gasteiger partial charge in [0.05, 0.1) is 12.6 Å². The van der Waals surface area contributed by atoms with E-state index in [0.717, 1.165) is 18.4 Å². The lowest BCUT2D eigenvalue weighted by molar-refractivity contribution is -0.139. The van der Waals surface area contributed by atoms with Crippen LogP contribution in [0.25, 0.3) is 11.4 Å². The Morgan fingerprint density at radius 3 is 2.77 bits per heavy atom. The highest BCUT2D eigenvalue weighted by atomic mass is 19.4. The van der Waals surface area contributed by atoms with Gasteiger partial charge in [-0.3, -0.25) is 9.69 Å². The van der Waals surface area contributed by atoms with Gasteiger partial charge in [-0.1, -0.05) is 41.9 Å². The molecule has 0 saturated carbocycles. The van der Waals surface area contributed by atoms with E-state index in [2.05, 4.69) is 10.1 Å². The third-order valence-corrected chi connectivity index (χ3v) is 4.21. The Balaban J connectivity index is 1.67. The molecule has 0 spiro atoms. The van der Waals surface area contributed by atoms with Crippen molar-refractivity contribution in [2.75, 3.05) is 19.6 Å². The lowest BCUT2D eigenvalue weighted by Crippen LogP contribution is -2.44. The lowest BCUT2D eigenvalue weighted by atomic mass is 10.0. The van der Waals surface area contributed by atoms with Crippen LogP contribution < -0.4 is 5.32 Å². The second-order valence-electron chi connectivity index (χ2n) is 6.20. The van der Waals surface area contributed by atoms with Gasteiger partial charge in [0.1, 0.15) is 6.54 Å². The molecule has 0 aliphatic carbocycles. The number of piperidine rings is 1. The van der Waals surface area contributed by atoms with E-state index in [0.29, 0.717) is 24.7 Å². The number of hydrogen-bond acceptors (Lipinski definition) is 5. The minimum atomic E-state index is -4.42. The smallest absolute Gasteiger partial charge is 0.346 e. The highest BCUT2D eigenvalue weighted by molar-refractivity contribution is 5.78. The standard InChI is InChI=1S/C17H19F3N4O2/c18-17(19,20)11-21-14(25)10-24-9-5-4-8-13(24)16-22-15(23-26-16)12-6-2-1-3-7-12/h1-3,6-7,13H,4-5,8-11H2,(H,21,25). The van der Waals surface area contributed by atoms with E-state index >= 15 is 0 Å². The van der Waals surface area contributed by atoms with E-state index in [1.165, 1.54) is 0 Å². The average molecular weight is 368 g/mol. The maximum atomic E-state index is 12.2. The molecular formula is C17H19F3N4O2. The average Bonchev–Trinajstić information content (AvgIpc) is 3.11. The number of halogens is 3. The van der Waals surface area contributed by atoms with Crippen LogP contribution in [0.4, 0.5) is 13.2 Å². The molecule has 1 N–H and O–H groups in total. The first-order valence-electron chi connectivity index (χ1n) is 8.39. The molecule has 26 heavy (non-hydrogen) atoms. The van der Waals surface area contributed by atoms with Crippen LogP contribution >= 0.6 is 0 Å². The summed E-state index contributed by atoms with van der Waals surface area (Å²) in [6, 6.07) is 9.06. The lowest BCUT2D eigenvalue weighted by Gasteiger charge is -2.32. The molecular weight excluding hydrogens is 349 g/mol. The fourth-order valence-electron chi connectivity index (χ4n) is 2.97. The molecule has 2 aromatic rings. The van der Waals surface area contributed by atoms with Gasteiger partial charge >= 0.3 is 6.18 Å². The molecule has 140 valence electrons. The van der Waals surface area contributed by atoms with Crippen LogP contribution in [0.5, 0.6) is 0 Å². The number of carbonyl (C=O) groups is 1. The molecule has 0 bridgehead atoms. The third-order valence-electron chi connectivity index (χ3n) is 4.21. The summed E-state index contributed by atoms with van der Waals surface area (Å²) in [5.41, 5.74) is 0.813. The number of aromatic nitrogens is 2. The molecule has 1 unspecified atom stereocenters. The predicted octanol–water partition coefficient (Wildman–Crippen LogP) is 2.94. The molecule has 9 heteroatoms. The van der Waals surface area contributed by atoms with E-state index in [-0.39, 0.29) is 12.6 Å². The molecule has 3 rings (SSSR count). The van der Waals surface area contributed by atoms with Gasteiger partial charge in [-0.2, -0.15) is 18.2 Å². The highest BCUT2D eigenvalue weighted by Gasteiger charge is 2.32. The second kappa shape index (κ2) is 7.86. The highest BCUT2D eigenvalue weighted by Crippen LogP contribution is 2.30. The molecule has 2 heterocycles. The number of alkyl halides is 3. The fraction of sp³-hybridized carbons (Fsp3) is 0.471. The van der Waals surface area contributed by atoms with Crippen LogP contribution in [-0.4, -0.2) is 46.8 Å². The van der Waals surface area contributed by atoms with Gasteiger partial charge in [-0.15, -0.1) is 0 Å². The number of amides is 1. The summed E-state index contributed by atoms with van der Waals surface area (Å²) in [5.74, 6) is 0.164. The molecule has 1 atom stereocenters. The van der Waals surface area contributed by atoms with Crippen LogP contribution in [0.15, 0.2) is 34.9 Å². The van der Waals surface area contributed by atoms with Gasteiger partial charge in [0.15, 0.2) is 0 Å². The summed E-state index contributed by atoms with van der Waals surface area (Å²) >= 11 is 0. The summed E-state index contributed by atoms with van der Waals surface area (Å²) in [7, 11) is 0. The molecule has 1 aromatic carbocycles. The number of nitrogens with one attached hydrogen (secondary N) is 1. The van der Waals surface area contributed by atoms with Crippen LogP contribution in [0.3, 0.4) is 0 Å². The minimum Gasteiger partial charge on any atom is -0.346 e. The molecule has 1 saturated heterocycles. The normalized spacial score (nSPS) is 18.7. The van der Waals surface area contributed by atoms with Gasteiger partial charge in [-0.25, -0.2) is 0 Å². The van der Waals surface area contributed by atoms with Gasteiger partial charge < -0.3 is 9.84 Å². The van der Waals surface area contributed by atoms with Gasteiger partial charge in [0.2, 0.25) is 17.6 Å². The van der Waals surface area contributed by atoms with Gasteiger partial charge in [0, 0.05) is 5.56 Å². The van der Waals surface area contributed by atoms with Crippen molar-refractivity contribution in [2.24, 2.45) is 0 Å². The molecule has 1 aliphatic heterocycles. The van der Waals surface area contributed by atoms with Crippen molar-refractivity contribution in [1.82, 2.24) is 20.4 Å². The first-order chi connectivity index (χ1) is 12.4. The topological polar surface area (TPSA) is 71.3 Å². The van der Waals surface area contributed by atoms with Crippen molar-refractivity contribution in [3.8, 4) is 11.4 Å². The monoisotopic (exact) mass is 368 g/mol. The second-order valence-corrected chi connectivity index (χ2v) is 6.20. The maximum absolute atomic E-state index is 12.2. The van der Waals surface area contributed by atoms with Crippen molar-refractivity contribution >= 4 is 5.91 Å². The van der Waals surface area contributed by atoms with Crippen LogP contribution in [0, 0.1) is 0 Å². The number of benzene rings is 1. The molecule has 1 aromatic heterocycles. The summed E-state index contributed by atoms with van der Waals surface area (Å²) < 4.78 is 42.1. The molecule has 1 amide bonds. The SMILES string of the molecule is O=C(CN1CCCCC1c1nc(-c2ccccc2)no1)NCC(F)(F)F. The summed E-state index contributed by atoms with van der Waals surface area (Å²) in [6.45, 7) is -0.875. The van der Waals surface area contributed by atoms with Gasteiger partial charge in [0.25, 0.3) is 0 Å². The molecule has 6 nitrogen and oxygen atoms in total. The Labute approximate surface area is 148 Å². The number of carbonyl (C=O) groups excluding carboxylic acids is 1. The fourth-order valence-corrected chi connectivity index (χ4v) is 2.97. The van der Waals surface area contributed by atoms with Gasteiger partial charge in [-0.05, 0) is 19.4 Å². The first kappa shape index (κ1) is 18.4. The summed E-state index contributed by atoms with van der Waals surface area (Å²) in [4.78, 5) is 18.0. The molecule has 0 radical (unpaired) electrons. The van der Waals surface area contributed by atoms with Crippen molar-refractivity contribution in [1.29, 1.82) is 0 Å². The van der Waals surface area contributed by atoms with Crippen molar-refractivity contribution < 1.29 is 22.5 Å². The Bertz CT molecular complexity index is 733. The minimum absolute atomic E-state index is 0.135. The Morgan fingerprint density at radius 2 is 2.04 bits per heavy atom. The Morgan fingerprint density at radius 1 is 1.27 bits per heavy atom. The number of nitrogens with zero attached hydrogens (tertiary/aromatic N) is 3. The van der Waals surface area contributed by atoms with Crippen LogP contribution in [-0.2, 0) is 4.79 Å². The van der Waals surface area contributed by atoms with E-state index in [1.54, 1.807) is 4.90 Å². The van der Waals surface area contributed by atoms with Crippen LogP contribution in [0.2, 0.25) is 0 Å². The summed E-state index contributed by atoms with van der Waals surface area (Å²) in [5, 5.41) is 5.88. The zero-order chi connectivity index (χ0) is 18.6. The van der Waals surface area contributed by atoms with Crippen molar-refractivity contribution in [3.05, 3.63) is 36.2 Å². The van der Waals surface area contributed by atoms with E-state index in [9.17, 15) is 18.0 Å². The zero-order valence-electron chi connectivity index (χ0n) is 14.0. The number of likely N-dealkylation sites (tertiary alicyclic amines) is 1. The molecule has 1 aliphatic rings. The largest absolute Gasteiger partial charge is 0.405 e.